The van der Waals surface area contributed by atoms with Gasteiger partial charge in [-0.1, -0.05) is 49.5 Å². The number of anilines is 1. The van der Waals surface area contributed by atoms with E-state index in [1.807, 2.05) is 0 Å². The molecule has 2 amide bonds. The summed E-state index contributed by atoms with van der Waals surface area (Å²) in [5.74, 6) is -0.656. The van der Waals surface area contributed by atoms with E-state index in [4.69, 9.17) is 11.6 Å². The molecule has 6 heteroatoms. The van der Waals surface area contributed by atoms with E-state index in [1.165, 1.54) is 4.90 Å². The van der Waals surface area contributed by atoms with Gasteiger partial charge in [0.15, 0.2) is 0 Å². The molecule has 0 spiro atoms. The van der Waals surface area contributed by atoms with Crippen LogP contribution in [-0.2, 0) is 9.59 Å². The van der Waals surface area contributed by atoms with Crippen LogP contribution in [0.25, 0.3) is 0 Å². The summed E-state index contributed by atoms with van der Waals surface area (Å²) in [6.07, 6.45) is 1.37. The van der Waals surface area contributed by atoms with Crippen molar-refractivity contribution in [3.05, 3.63) is 29.3 Å². The zero-order valence-corrected chi connectivity index (χ0v) is 14.4. The Hall–Kier alpha value is -0.390. The number of rotatable bonds is 1. The Morgan fingerprint density at radius 1 is 1.05 bits per heavy atom. The molecule has 3 rings (SSSR count). The molecule has 1 saturated heterocycles. The molecular formula is C14H12Br2ClNO2. The predicted molar refractivity (Wildman–Crippen MR) is 85.6 cm³/mol. The number of halogens is 3. The Kier molecular flexibility index (Phi) is 3.95. The van der Waals surface area contributed by atoms with Gasteiger partial charge in [0, 0.05) is 14.7 Å². The first-order valence-corrected chi connectivity index (χ1v) is 8.61. The molecule has 0 aromatic heterocycles. The second-order valence-corrected chi connectivity index (χ2v) is 8.00. The Morgan fingerprint density at radius 3 is 2.10 bits per heavy atom. The number of fused-ring (bicyclic) bond motifs is 1. The Bertz CT molecular complexity index is 552. The van der Waals surface area contributed by atoms with Gasteiger partial charge >= 0.3 is 0 Å². The van der Waals surface area contributed by atoms with Crippen molar-refractivity contribution < 1.29 is 9.59 Å². The summed E-state index contributed by atoms with van der Waals surface area (Å²) in [4.78, 5) is 26.8. The van der Waals surface area contributed by atoms with Gasteiger partial charge in [-0.3, -0.25) is 14.5 Å². The van der Waals surface area contributed by atoms with Crippen LogP contribution in [0.5, 0.6) is 0 Å². The molecule has 2 aliphatic rings. The Labute approximate surface area is 138 Å². The van der Waals surface area contributed by atoms with Gasteiger partial charge in [0.25, 0.3) is 0 Å². The Morgan fingerprint density at radius 2 is 1.60 bits per heavy atom. The van der Waals surface area contributed by atoms with Crippen LogP contribution in [-0.4, -0.2) is 21.5 Å². The second kappa shape index (κ2) is 5.43. The summed E-state index contributed by atoms with van der Waals surface area (Å²) in [5, 5.41) is 0.523. The van der Waals surface area contributed by atoms with E-state index < -0.39 is 0 Å². The van der Waals surface area contributed by atoms with Crippen LogP contribution in [0.4, 0.5) is 5.69 Å². The predicted octanol–water partition coefficient (Wildman–Crippen LogP) is 3.77. The first-order chi connectivity index (χ1) is 9.49. The number of imide groups is 1. The molecule has 106 valence electrons. The molecular weight excluding hydrogens is 409 g/mol. The lowest BCUT2D eigenvalue weighted by Gasteiger charge is -2.29. The average molecular weight is 422 g/mol. The van der Waals surface area contributed by atoms with Crippen molar-refractivity contribution in [3.8, 4) is 0 Å². The average Bonchev–Trinajstić information content (AvgIpc) is 2.63. The van der Waals surface area contributed by atoms with Crippen molar-refractivity contribution in [3.63, 3.8) is 0 Å². The number of nitrogens with zero attached hydrogens (tertiary/aromatic N) is 1. The summed E-state index contributed by atoms with van der Waals surface area (Å²) in [5.41, 5.74) is 0.569. The number of hydrogen-bond donors (Lipinski definition) is 0. The van der Waals surface area contributed by atoms with Crippen molar-refractivity contribution >= 4 is 61.0 Å². The fourth-order valence-corrected chi connectivity index (χ4v) is 4.39. The molecule has 0 N–H and O–H groups in total. The largest absolute Gasteiger partial charge is 0.274 e. The van der Waals surface area contributed by atoms with Crippen LogP contribution in [0.1, 0.15) is 12.8 Å². The van der Waals surface area contributed by atoms with Crippen molar-refractivity contribution in [2.24, 2.45) is 11.8 Å². The highest BCUT2D eigenvalue weighted by atomic mass is 79.9. The van der Waals surface area contributed by atoms with Gasteiger partial charge in [0.1, 0.15) is 0 Å². The van der Waals surface area contributed by atoms with Crippen LogP contribution in [0.2, 0.25) is 5.02 Å². The van der Waals surface area contributed by atoms with Gasteiger partial charge < -0.3 is 0 Å². The lowest BCUT2D eigenvalue weighted by Crippen LogP contribution is -2.34. The number of benzene rings is 1. The third-order valence-corrected chi connectivity index (χ3v) is 6.95. The van der Waals surface area contributed by atoms with Crippen molar-refractivity contribution in [1.82, 2.24) is 0 Å². The smallest absolute Gasteiger partial charge is 0.237 e. The van der Waals surface area contributed by atoms with Crippen LogP contribution in [0.15, 0.2) is 24.3 Å². The van der Waals surface area contributed by atoms with E-state index in [-0.39, 0.29) is 33.3 Å². The molecule has 1 aliphatic carbocycles. The first kappa shape index (κ1) is 14.5. The maximum Gasteiger partial charge on any atom is 0.237 e. The van der Waals surface area contributed by atoms with Crippen LogP contribution in [0.3, 0.4) is 0 Å². The fraction of sp³-hybridized carbons (Fsp3) is 0.429. The summed E-state index contributed by atoms with van der Waals surface area (Å²) >= 11 is 13.1. The monoisotopic (exact) mass is 419 g/mol. The zero-order chi connectivity index (χ0) is 14.4. The normalized spacial score (nSPS) is 33.5. The highest BCUT2D eigenvalue weighted by Gasteiger charge is 2.52. The van der Waals surface area contributed by atoms with E-state index >= 15 is 0 Å². The molecule has 2 fully saturated rings. The number of carbonyl (C=O) groups is 2. The molecule has 3 nitrogen and oxygen atoms in total. The van der Waals surface area contributed by atoms with Crippen molar-refractivity contribution in [2.75, 3.05) is 4.90 Å². The minimum absolute atomic E-state index is 0.105. The summed E-state index contributed by atoms with van der Waals surface area (Å²) in [6, 6.07) is 6.88. The SMILES string of the molecule is O=C1[C@H]2C[C@@H](Br)[C@@H](Br)C[C@@H]2C(=O)N1c1cccc(Cl)c1. The maximum absolute atomic E-state index is 12.5. The maximum atomic E-state index is 12.5. The van der Waals surface area contributed by atoms with E-state index in [1.54, 1.807) is 24.3 Å². The summed E-state index contributed by atoms with van der Waals surface area (Å²) in [7, 11) is 0. The molecule has 0 bridgehead atoms. The van der Waals surface area contributed by atoms with Gasteiger partial charge in [-0.15, -0.1) is 0 Å². The number of amides is 2. The molecule has 0 radical (unpaired) electrons. The second-order valence-electron chi connectivity index (χ2n) is 5.21. The molecule has 1 aliphatic heterocycles. The minimum atomic E-state index is -0.223. The summed E-state index contributed by atoms with van der Waals surface area (Å²) in [6.45, 7) is 0. The van der Waals surface area contributed by atoms with Gasteiger partial charge in [0.05, 0.1) is 17.5 Å². The third-order valence-electron chi connectivity index (χ3n) is 3.98. The number of alkyl halides is 2. The van der Waals surface area contributed by atoms with Crippen LogP contribution < -0.4 is 4.90 Å². The fourth-order valence-electron chi connectivity index (χ4n) is 2.96. The van der Waals surface area contributed by atoms with Gasteiger partial charge in [0.2, 0.25) is 11.8 Å². The van der Waals surface area contributed by atoms with Crippen molar-refractivity contribution in [2.45, 2.75) is 22.5 Å². The number of hydrogen-bond acceptors (Lipinski definition) is 2. The minimum Gasteiger partial charge on any atom is -0.274 e. The highest BCUT2D eigenvalue weighted by Crippen LogP contribution is 2.44. The van der Waals surface area contributed by atoms with Gasteiger partial charge in [-0.25, -0.2) is 0 Å². The third kappa shape index (κ3) is 2.34. The lowest BCUT2D eigenvalue weighted by atomic mass is 9.81. The van der Waals surface area contributed by atoms with E-state index in [0.717, 1.165) is 0 Å². The molecule has 1 saturated carbocycles. The first-order valence-electron chi connectivity index (χ1n) is 6.40. The Balaban J connectivity index is 1.95. The molecule has 0 unspecified atom stereocenters. The molecule has 4 atom stereocenters. The topological polar surface area (TPSA) is 37.4 Å². The molecule has 1 aromatic carbocycles. The van der Waals surface area contributed by atoms with Gasteiger partial charge in [-0.2, -0.15) is 0 Å². The quantitative estimate of drug-likeness (QED) is 0.511. The molecule has 1 heterocycles. The highest BCUT2D eigenvalue weighted by molar-refractivity contribution is 9.12. The zero-order valence-electron chi connectivity index (χ0n) is 10.4. The van der Waals surface area contributed by atoms with Crippen LogP contribution >= 0.6 is 43.5 Å². The van der Waals surface area contributed by atoms with E-state index in [2.05, 4.69) is 31.9 Å². The lowest BCUT2D eigenvalue weighted by molar-refractivity contribution is -0.122. The standard InChI is InChI=1S/C14H12Br2ClNO2/c15-11-5-9-10(6-12(11)16)14(20)18(13(9)19)8-3-1-2-7(17)4-8/h1-4,9-12H,5-6H2/t9-,10-,11-,12+/m0/s1. The summed E-state index contributed by atoms with van der Waals surface area (Å²) < 4.78 is 0. The van der Waals surface area contributed by atoms with Crippen molar-refractivity contribution in [1.29, 1.82) is 0 Å². The van der Waals surface area contributed by atoms with E-state index in [9.17, 15) is 9.59 Å². The van der Waals surface area contributed by atoms with Crippen LogP contribution in [0, 0.1) is 11.8 Å². The molecule has 1 aromatic rings. The molecule has 20 heavy (non-hydrogen) atoms. The number of carbonyl (C=O) groups excluding carboxylic acids is 2. The van der Waals surface area contributed by atoms with Gasteiger partial charge in [-0.05, 0) is 31.0 Å². The van der Waals surface area contributed by atoms with E-state index in [0.29, 0.717) is 23.6 Å².